The van der Waals surface area contributed by atoms with Crippen molar-refractivity contribution in [2.45, 2.75) is 12.8 Å². The van der Waals surface area contributed by atoms with Gasteiger partial charge in [-0.3, -0.25) is 19.7 Å². The quantitative estimate of drug-likeness (QED) is 0.361. The van der Waals surface area contributed by atoms with Crippen molar-refractivity contribution in [2.75, 3.05) is 4.90 Å². The number of rotatable bonds is 2. The number of non-ortho nitro benzene ring substituents is 1. The number of halogens is 1. The Bertz CT molecular complexity index is 743. The summed E-state index contributed by atoms with van der Waals surface area (Å²) in [5, 5.41) is 11.1. The number of imide groups is 1. The van der Waals surface area contributed by atoms with Crippen molar-refractivity contribution >= 4 is 34.8 Å². The fourth-order valence-electron chi connectivity index (χ4n) is 4.10. The number of hydrogen-bond donors (Lipinski definition) is 0. The van der Waals surface area contributed by atoms with Gasteiger partial charge in [0.15, 0.2) is 0 Å². The summed E-state index contributed by atoms with van der Waals surface area (Å²) in [4.78, 5) is 37.1. The van der Waals surface area contributed by atoms with E-state index in [4.69, 9.17) is 11.6 Å². The molecule has 4 atom stereocenters. The van der Waals surface area contributed by atoms with Crippen LogP contribution in [0.2, 0.25) is 5.02 Å². The van der Waals surface area contributed by atoms with E-state index < -0.39 is 4.92 Å². The molecule has 4 aliphatic rings. The van der Waals surface area contributed by atoms with E-state index in [0.29, 0.717) is 0 Å². The first-order chi connectivity index (χ1) is 11.0. The molecule has 1 heterocycles. The van der Waals surface area contributed by atoms with Crippen LogP contribution in [0.25, 0.3) is 0 Å². The van der Waals surface area contributed by atoms with Crippen LogP contribution in [-0.4, -0.2) is 16.7 Å². The molecule has 0 radical (unpaired) electrons. The Balaban J connectivity index is 1.79. The van der Waals surface area contributed by atoms with Crippen LogP contribution < -0.4 is 4.90 Å². The first-order valence-electron chi connectivity index (χ1n) is 7.49. The number of anilines is 1. The Hall–Kier alpha value is -2.21. The second-order valence-electron chi connectivity index (χ2n) is 6.25. The van der Waals surface area contributed by atoms with Gasteiger partial charge in [-0.05, 0) is 30.7 Å². The molecule has 1 aromatic rings. The molecule has 3 aliphatic carbocycles. The minimum absolute atomic E-state index is 0.0731. The summed E-state index contributed by atoms with van der Waals surface area (Å²) in [6.07, 6.45) is 5.86. The van der Waals surface area contributed by atoms with Crippen LogP contribution in [-0.2, 0) is 9.59 Å². The normalized spacial score (nSPS) is 31.6. The molecule has 1 aliphatic heterocycles. The van der Waals surface area contributed by atoms with E-state index in [-0.39, 0.29) is 51.9 Å². The molecule has 118 valence electrons. The molecule has 0 aromatic heterocycles. The van der Waals surface area contributed by atoms with Gasteiger partial charge in [-0.25, -0.2) is 4.90 Å². The lowest BCUT2D eigenvalue weighted by molar-refractivity contribution is -0.384. The van der Waals surface area contributed by atoms with Crippen molar-refractivity contribution in [2.24, 2.45) is 23.7 Å². The summed E-state index contributed by atoms with van der Waals surface area (Å²) in [6, 6.07) is 3.81. The first kappa shape index (κ1) is 14.4. The smallest absolute Gasteiger partial charge is 0.271 e. The predicted octanol–water partition coefficient (Wildman–Crippen LogP) is 2.95. The average Bonchev–Trinajstić information content (AvgIpc) is 2.83. The number of nitro benzene ring substituents is 1. The van der Waals surface area contributed by atoms with E-state index in [2.05, 4.69) is 0 Å². The predicted molar refractivity (Wildman–Crippen MR) is 82.9 cm³/mol. The van der Waals surface area contributed by atoms with Crippen LogP contribution >= 0.6 is 11.6 Å². The Morgan fingerprint density at radius 3 is 2.13 bits per heavy atom. The van der Waals surface area contributed by atoms with Gasteiger partial charge in [-0.15, -0.1) is 0 Å². The van der Waals surface area contributed by atoms with Crippen molar-refractivity contribution in [3.8, 4) is 0 Å². The van der Waals surface area contributed by atoms with Crippen LogP contribution in [0.5, 0.6) is 0 Å². The number of carbonyl (C=O) groups is 2. The Labute approximate surface area is 136 Å². The summed E-state index contributed by atoms with van der Waals surface area (Å²) >= 11 is 6.11. The average molecular weight is 333 g/mol. The molecule has 1 saturated carbocycles. The lowest BCUT2D eigenvalue weighted by Crippen LogP contribution is -2.38. The molecule has 1 aromatic carbocycles. The van der Waals surface area contributed by atoms with Crippen LogP contribution in [0, 0.1) is 33.8 Å². The second kappa shape index (κ2) is 4.89. The molecule has 0 unspecified atom stereocenters. The lowest BCUT2D eigenvalue weighted by atomic mass is 9.63. The monoisotopic (exact) mass is 332 g/mol. The molecule has 2 fully saturated rings. The number of carbonyl (C=O) groups excluding carboxylic acids is 2. The number of nitrogens with zero attached hydrogens (tertiary/aromatic N) is 2. The molecule has 0 spiro atoms. The zero-order valence-electron chi connectivity index (χ0n) is 12.0. The molecule has 7 heteroatoms. The van der Waals surface area contributed by atoms with Crippen LogP contribution in [0.1, 0.15) is 12.8 Å². The molecular weight excluding hydrogens is 320 g/mol. The van der Waals surface area contributed by atoms with Crippen LogP contribution in [0.15, 0.2) is 30.4 Å². The summed E-state index contributed by atoms with van der Waals surface area (Å²) in [5.74, 6) is -1.15. The number of benzene rings is 1. The highest BCUT2D eigenvalue weighted by molar-refractivity contribution is 6.36. The standard InChI is InChI=1S/C16H13ClN2O4/c17-11-6-5-10(19(22)23)7-12(11)18-15(20)13-8-1-2-9(4-3-8)14(13)16(18)21/h1-2,5-9,13-14H,3-4H2/t8-,9+,13-,14-/m0/s1. The summed E-state index contributed by atoms with van der Waals surface area (Å²) in [5.41, 5.74) is -0.0781. The zero-order chi connectivity index (χ0) is 16.3. The Morgan fingerprint density at radius 1 is 1.09 bits per heavy atom. The van der Waals surface area contributed by atoms with E-state index in [1.54, 1.807) is 0 Å². The van der Waals surface area contributed by atoms with E-state index in [1.165, 1.54) is 18.2 Å². The van der Waals surface area contributed by atoms with Gasteiger partial charge in [-0.2, -0.15) is 0 Å². The van der Waals surface area contributed by atoms with Gasteiger partial charge in [0.1, 0.15) is 0 Å². The Kier molecular flexibility index (Phi) is 3.06. The maximum atomic E-state index is 12.8. The minimum atomic E-state index is -0.566. The van der Waals surface area contributed by atoms with E-state index in [9.17, 15) is 19.7 Å². The van der Waals surface area contributed by atoms with Gasteiger partial charge in [0.25, 0.3) is 5.69 Å². The first-order valence-corrected chi connectivity index (χ1v) is 7.87. The molecule has 6 nitrogen and oxygen atoms in total. The third-order valence-electron chi connectivity index (χ3n) is 5.14. The highest BCUT2D eigenvalue weighted by atomic mass is 35.5. The van der Waals surface area contributed by atoms with Gasteiger partial charge in [0, 0.05) is 12.1 Å². The highest BCUT2D eigenvalue weighted by Gasteiger charge is 2.57. The third kappa shape index (κ3) is 1.94. The molecule has 1 saturated heterocycles. The van der Waals surface area contributed by atoms with E-state index >= 15 is 0 Å². The molecule has 5 rings (SSSR count). The van der Waals surface area contributed by atoms with E-state index in [1.807, 2.05) is 12.2 Å². The zero-order valence-corrected chi connectivity index (χ0v) is 12.8. The molecule has 23 heavy (non-hydrogen) atoms. The van der Waals surface area contributed by atoms with Crippen molar-refractivity contribution in [1.29, 1.82) is 0 Å². The number of fused-ring (bicyclic) bond motifs is 1. The molecule has 2 bridgehead atoms. The van der Waals surface area contributed by atoms with Crippen molar-refractivity contribution in [3.05, 3.63) is 45.5 Å². The topological polar surface area (TPSA) is 80.5 Å². The van der Waals surface area contributed by atoms with Crippen molar-refractivity contribution in [1.82, 2.24) is 0 Å². The number of nitro groups is 1. The van der Waals surface area contributed by atoms with Gasteiger partial charge in [0.05, 0.1) is 27.5 Å². The number of allylic oxidation sites excluding steroid dienone is 2. The van der Waals surface area contributed by atoms with Crippen molar-refractivity contribution in [3.63, 3.8) is 0 Å². The van der Waals surface area contributed by atoms with E-state index in [0.717, 1.165) is 17.7 Å². The highest BCUT2D eigenvalue weighted by Crippen LogP contribution is 2.51. The Morgan fingerprint density at radius 2 is 1.65 bits per heavy atom. The van der Waals surface area contributed by atoms with Gasteiger partial charge >= 0.3 is 0 Å². The summed E-state index contributed by atoms with van der Waals surface area (Å²) in [6.45, 7) is 0. The van der Waals surface area contributed by atoms with Gasteiger partial charge in [0.2, 0.25) is 11.8 Å². The maximum Gasteiger partial charge on any atom is 0.271 e. The fourth-order valence-corrected chi connectivity index (χ4v) is 4.30. The summed E-state index contributed by atoms with van der Waals surface area (Å²) < 4.78 is 0. The molecule has 0 N–H and O–H groups in total. The lowest BCUT2D eigenvalue weighted by Gasteiger charge is -2.38. The number of amides is 2. The second-order valence-corrected chi connectivity index (χ2v) is 6.65. The van der Waals surface area contributed by atoms with Crippen molar-refractivity contribution < 1.29 is 14.5 Å². The van der Waals surface area contributed by atoms with Gasteiger partial charge in [-0.1, -0.05) is 23.8 Å². The van der Waals surface area contributed by atoms with Crippen LogP contribution in [0.4, 0.5) is 11.4 Å². The largest absolute Gasteiger partial charge is 0.274 e. The molecular formula is C16H13ClN2O4. The summed E-state index contributed by atoms with van der Waals surface area (Å²) in [7, 11) is 0. The SMILES string of the molecule is O=C1[C@@H]2[C@@H](C(=O)N1c1cc([N+](=O)[O-])ccc1Cl)[C@H]1C=C[C@@H]2CC1. The number of hydrogen-bond acceptors (Lipinski definition) is 4. The minimum Gasteiger partial charge on any atom is -0.274 e. The fraction of sp³-hybridized carbons (Fsp3) is 0.375. The maximum absolute atomic E-state index is 12.8. The van der Waals surface area contributed by atoms with Crippen LogP contribution in [0.3, 0.4) is 0 Å². The van der Waals surface area contributed by atoms with Gasteiger partial charge < -0.3 is 0 Å². The third-order valence-corrected chi connectivity index (χ3v) is 5.46. The molecule has 2 amide bonds.